The summed E-state index contributed by atoms with van der Waals surface area (Å²) >= 11 is 13.2. The van der Waals surface area contributed by atoms with Gasteiger partial charge in [-0.05, 0) is 54.8 Å². The Morgan fingerprint density at radius 3 is 2.10 bits per heavy atom. The highest BCUT2D eigenvalue weighted by molar-refractivity contribution is 7.92. The Morgan fingerprint density at radius 2 is 1.51 bits per heavy atom. The van der Waals surface area contributed by atoms with Crippen molar-refractivity contribution in [3.05, 3.63) is 118 Å². The lowest BCUT2D eigenvalue weighted by atomic mass is 10.0. The van der Waals surface area contributed by atoms with Gasteiger partial charge in [-0.25, -0.2) is 8.42 Å². The number of carbonyl (C=O) groups is 2. The molecule has 0 radical (unpaired) electrons. The SMILES string of the molecule is COc1ccc(OC)c(N(CC(=O)N(Cc2c(Cl)cccc2Cl)C(Cc2ccccc2)C(=O)NCC(C)C)S(=O)(=O)c2ccc(C)cc2)c1. The smallest absolute Gasteiger partial charge is 0.264 e. The average Bonchev–Trinajstić information content (AvgIpc) is 3.08. The first kappa shape index (κ1) is 37.6. The standard InChI is InChI=1S/C37H41Cl2N3O6S/c1-25(2)22-40-37(44)34(20-27-10-7-6-8-11-27)41(23-30-31(38)12-9-13-32(30)39)36(43)24-42(33-21-28(47-4)16-19-35(33)48-5)49(45,46)29-17-14-26(3)15-18-29/h6-19,21,25,34H,20,22-24H2,1-5H3,(H,40,44). The lowest BCUT2D eigenvalue weighted by molar-refractivity contribution is -0.140. The van der Waals surface area contributed by atoms with E-state index >= 15 is 0 Å². The number of methoxy groups -OCH3 is 2. The van der Waals surface area contributed by atoms with Gasteiger partial charge in [0.05, 0.1) is 24.8 Å². The molecule has 0 fully saturated rings. The lowest BCUT2D eigenvalue weighted by Gasteiger charge is -2.34. The van der Waals surface area contributed by atoms with Crippen molar-refractivity contribution in [3.8, 4) is 11.5 Å². The highest BCUT2D eigenvalue weighted by atomic mass is 35.5. The Morgan fingerprint density at radius 1 is 0.857 bits per heavy atom. The van der Waals surface area contributed by atoms with Gasteiger partial charge in [0, 0.05) is 41.2 Å². The monoisotopic (exact) mass is 725 g/mol. The minimum atomic E-state index is -4.37. The van der Waals surface area contributed by atoms with Crippen molar-refractivity contribution in [1.82, 2.24) is 10.2 Å². The van der Waals surface area contributed by atoms with Crippen LogP contribution in [0.15, 0.2) is 95.9 Å². The van der Waals surface area contributed by atoms with E-state index in [0.717, 1.165) is 15.4 Å². The third kappa shape index (κ3) is 9.47. The number of ether oxygens (including phenoxy) is 2. The van der Waals surface area contributed by atoms with E-state index in [2.05, 4.69) is 5.32 Å². The number of carbonyl (C=O) groups excluding carboxylic acids is 2. The van der Waals surface area contributed by atoms with Crippen LogP contribution in [0.3, 0.4) is 0 Å². The molecule has 0 aliphatic rings. The molecule has 0 aliphatic heterocycles. The maximum absolute atomic E-state index is 14.8. The van der Waals surface area contributed by atoms with Gasteiger partial charge in [0.2, 0.25) is 11.8 Å². The summed E-state index contributed by atoms with van der Waals surface area (Å²) < 4.78 is 40.9. The van der Waals surface area contributed by atoms with Gasteiger partial charge in [-0.2, -0.15) is 0 Å². The van der Waals surface area contributed by atoms with Crippen LogP contribution in [0.5, 0.6) is 11.5 Å². The molecule has 2 amide bonds. The number of aryl methyl sites for hydroxylation is 1. The molecule has 4 rings (SSSR count). The Bertz CT molecular complexity index is 1830. The van der Waals surface area contributed by atoms with Crippen LogP contribution in [-0.2, 0) is 32.6 Å². The van der Waals surface area contributed by atoms with Crippen molar-refractivity contribution in [2.24, 2.45) is 5.92 Å². The molecule has 1 N–H and O–H groups in total. The zero-order chi connectivity index (χ0) is 35.7. The number of benzene rings is 4. The van der Waals surface area contributed by atoms with Crippen molar-refractivity contribution < 1.29 is 27.5 Å². The van der Waals surface area contributed by atoms with Gasteiger partial charge in [-0.15, -0.1) is 0 Å². The lowest BCUT2D eigenvalue weighted by Crippen LogP contribution is -2.53. The van der Waals surface area contributed by atoms with E-state index in [4.69, 9.17) is 32.7 Å². The Balaban J connectivity index is 1.89. The number of anilines is 1. The van der Waals surface area contributed by atoms with Crippen molar-refractivity contribution in [2.75, 3.05) is 31.6 Å². The van der Waals surface area contributed by atoms with Crippen molar-refractivity contribution in [1.29, 1.82) is 0 Å². The average molecular weight is 727 g/mol. The van der Waals surface area contributed by atoms with E-state index in [1.165, 1.54) is 37.3 Å². The second kappa shape index (κ2) is 16.9. The van der Waals surface area contributed by atoms with Gasteiger partial charge in [-0.1, -0.05) is 91.1 Å². The molecule has 0 aliphatic carbocycles. The molecule has 0 aromatic heterocycles. The van der Waals surface area contributed by atoms with Crippen molar-refractivity contribution >= 4 is 50.7 Å². The fourth-order valence-corrected chi connectivity index (χ4v) is 7.11. The Kier molecular flexibility index (Phi) is 13.0. The molecule has 0 heterocycles. The van der Waals surface area contributed by atoms with Crippen LogP contribution in [-0.4, -0.2) is 58.5 Å². The van der Waals surface area contributed by atoms with E-state index in [-0.39, 0.29) is 35.2 Å². The molecule has 0 saturated carbocycles. The van der Waals surface area contributed by atoms with Crippen LogP contribution in [0.2, 0.25) is 10.0 Å². The number of nitrogens with one attached hydrogen (secondary N) is 1. The quantitative estimate of drug-likeness (QED) is 0.143. The normalized spacial score (nSPS) is 11.9. The summed E-state index contributed by atoms with van der Waals surface area (Å²) in [4.78, 5) is 30.1. The molecule has 49 heavy (non-hydrogen) atoms. The van der Waals surface area contributed by atoms with Crippen LogP contribution in [0.4, 0.5) is 5.69 Å². The number of hydrogen-bond donors (Lipinski definition) is 1. The molecular weight excluding hydrogens is 685 g/mol. The molecule has 4 aromatic rings. The van der Waals surface area contributed by atoms with Crippen LogP contribution in [0, 0.1) is 12.8 Å². The fraction of sp³-hybridized carbons (Fsp3) is 0.297. The highest BCUT2D eigenvalue weighted by Crippen LogP contribution is 2.36. The molecule has 9 nitrogen and oxygen atoms in total. The number of sulfonamides is 1. The summed E-state index contributed by atoms with van der Waals surface area (Å²) in [5.74, 6) is -0.389. The Hall–Kier alpha value is -4.25. The molecule has 260 valence electrons. The summed E-state index contributed by atoms with van der Waals surface area (Å²) in [5, 5.41) is 3.56. The molecular formula is C37H41Cl2N3O6S. The number of amides is 2. The van der Waals surface area contributed by atoms with Crippen LogP contribution < -0.4 is 19.1 Å². The highest BCUT2D eigenvalue weighted by Gasteiger charge is 2.36. The number of halogens is 2. The van der Waals surface area contributed by atoms with Crippen LogP contribution in [0.1, 0.15) is 30.5 Å². The van der Waals surface area contributed by atoms with E-state index in [1.54, 1.807) is 42.5 Å². The first-order chi connectivity index (χ1) is 23.3. The van der Waals surface area contributed by atoms with Gasteiger partial charge >= 0.3 is 0 Å². The third-order valence-electron chi connectivity index (χ3n) is 7.89. The number of rotatable bonds is 15. The second-order valence-corrected chi connectivity index (χ2v) is 14.6. The molecule has 1 unspecified atom stereocenters. The molecule has 0 bridgehead atoms. The largest absolute Gasteiger partial charge is 0.497 e. The van der Waals surface area contributed by atoms with Gasteiger partial charge < -0.3 is 19.7 Å². The second-order valence-electron chi connectivity index (χ2n) is 11.9. The summed E-state index contributed by atoms with van der Waals surface area (Å²) in [5.41, 5.74) is 2.16. The van der Waals surface area contributed by atoms with Gasteiger partial charge in [-0.3, -0.25) is 13.9 Å². The number of hydrogen-bond acceptors (Lipinski definition) is 6. The van der Waals surface area contributed by atoms with Gasteiger partial charge in [0.1, 0.15) is 24.1 Å². The summed E-state index contributed by atoms with van der Waals surface area (Å²) in [7, 11) is -1.51. The zero-order valence-corrected chi connectivity index (χ0v) is 30.5. The Labute approximate surface area is 298 Å². The first-order valence-corrected chi connectivity index (χ1v) is 17.9. The number of nitrogens with zero attached hydrogens (tertiary/aromatic N) is 2. The predicted molar refractivity (Wildman–Crippen MR) is 194 cm³/mol. The molecule has 12 heteroatoms. The van der Waals surface area contributed by atoms with E-state index in [1.807, 2.05) is 51.1 Å². The summed E-state index contributed by atoms with van der Waals surface area (Å²) in [6.07, 6.45) is 0.145. The molecule has 4 aromatic carbocycles. The fourth-order valence-electron chi connectivity index (χ4n) is 5.17. The summed E-state index contributed by atoms with van der Waals surface area (Å²) in [6.45, 7) is 5.29. The molecule has 0 saturated heterocycles. The van der Waals surface area contributed by atoms with Crippen LogP contribution in [0.25, 0.3) is 0 Å². The maximum atomic E-state index is 14.8. The molecule has 0 spiro atoms. The zero-order valence-electron chi connectivity index (χ0n) is 28.2. The predicted octanol–water partition coefficient (Wildman–Crippen LogP) is 6.93. The minimum Gasteiger partial charge on any atom is -0.497 e. The van der Waals surface area contributed by atoms with E-state index in [9.17, 15) is 18.0 Å². The van der Waals surface area contributed by atoms with Gasteiger partial charge in [0.15, 0.2) is 0 Å². The van der Waals surface area contributed by atoms with E-state index in [0.29, 0.717) is 27.9 Å². The topological polar surface area (TPSA) is 105 Å². The summed E-state index contributed by atoms with van der Waals surface area (Å²) in [6, 6.07) is 24.2. The molecule has 1 atom stereocenters. The van der Waals surface area contributed by atoms with Crippen LogP contribution >= 0.6 is 23.2 Å². The third-order valence-corrected chi connectivity index (χ3v) is 10.4. The van der Waals surface area contributed by atoms with Crippen molar-refractivity contribution in [3.63, 3.8) is 0 Å². The van der Waals surface area contributed by atoms with E-state index < -0.39 is 34.4 Å². The minimum absolute atomic E-state index is 0.0352. The van der Waals surface area contributed by atoms with Crippen molar-refractivity contribution in [2.45, 2.75) is 44.7 Å². The maximum Gasteiger partial charge on any atom is 0.264 e. The van der Waals surface area contributed by atoms with Gasteiger partial charge in [0.25, 0.3) is 10.0 Å². The first-order valence-electron chi connectivity index (χ1n) is 15.7.